The van der Waals surface area contributed by atoms with Gasteiger partial charge in [0, 0.05) is 5.75 Å². The Morgan fingerprint density at radius 2 is 1.70 bits per heavy atom. The molecule has 30 heavy (non-hydrogen) atoms. The van der Waals surface area contributed by atoms with Gasteiger partial charge < -0.3 is 14.3 Å². The van der Waals surface area contributed by atoms with Crippen molar-refractivity contribution >= 4 is 24.6 Å². The normalized spacial score (nSPS) is 30.1. The first-order valence-corrected chi connectivity index (χ1v) is 11.6. The summed E-state index contributed by atoms with van der Waals surface area (Å²) in [6, 6.07) is 9.65. The summed E-state index contributed by atoms with van der Waals surface area (Å²) in [6.45, 7) is 0.283. The van der Waals surface area contributed by atoms with E-state index < -0.39 is 18.0 Å². The van der Waals surface area contributed by atoms with Crippen LogP contribution >= 0.6 is 12.6 Å². The number of rotatable bonds is 10. The average molecular weight is 434 g/mol. The van der Waals surface area contributed by atoms with Crippen LogP contribution in [0.5, 0.6) is 0 Å². The molecule has 4 bridgehead atoms. The molecule has 4 fully saturated rings. The molecule has 6 nitrogen and oxygen atoms in total. The van der Waals surface area contributed by atoms with E-state index in [1.807, 2.05) is 30.3 Å². The smallest absolute Gasteiger partial charge is 0.368 e. The Morgan fingerprint density at radius 1 is 1.07 bits per heavy atom. The van der Waals surface area contributed by atoms with Gasteiger partial charge >= 0.3 is 11.9 Å². The summed E-state index contributed by atoms with van der Waals surface area (Å²) in [7, 11) is 0. The maximum Gasteiger partial charge on any atom is 0.368 e. The van der Waals surface area contributed by atoms with Gasteiger partial charge in [-0.05, 0) is 61.8 Å². The van der Waals surface area contributed by atoms with Crippen molar-refractivity contribution in [3.8, 4) is 0 Å². The first-order chi connectivity index (χ1) is 14.5. The molecule has 0 radical (unpaired) electrons. The second kappa shape index (κ2) is 9.71. The minimum absolute atomic E-state index is 0.0470. The second-order valence-corrected chi connectivity index (χ2v) is 9.62. The first-order valence-electron chi connectivity index (χ1n) is 10.9. The van der Waals surface area contributed by atoms with E-state index in [-0.39, 0.29) is 18.6 Å². The molecule has 4 aliphatic carbocycles. The summed E-state index contributed by atoms with van der Waals surface area (Å²) in [5.74, 6) is 1.48. The number of ether oxygens (including phenoxy) is 2. The molecule has 4 aliphatic rings. The molecule has 0 spiro atoms. The number of carbonyl (C=O) groups excluding carboxylic acids is 2. The molecule has 0 aromatic heterocycles. The minimum Gasteiger partial charge on any atom is -0.448 e. The number of hydroxylamine groups is 1. The lowest BCUT2D eigenvalue weighted by molar-refractivity contribution is -0.186. The lowest BCUT2D eigenvalue weighted by atomic mass is 9.53. The van der Waals surface area contributed by atoms with E-state index in [1.165, 1.54) is 19.3 Å². The highest BCUT2D eigenvalue weighted by molar-refractivity contribution is 7.80. The molecule has 0 amide bonds. The van der Waals surface area contributed by atoms with Gasteiger partial charge in [0.1, 0.15) is 0 Å². The lowest BCUT2D eigenvalue weighted by Gasteiger charge is -2.56. The molecule has 1 atom stereocenters. The summed E-state index contributed by atoms with van der Waals surface area (Å²) in [5, 5.41) is 0. The molecule has 1 aromatic carbocycles. The van der Waals surface area contributed by atoms with E-state index in [2.05, 4.69) is 18.1 Å². The lowest BCUT2D eigenvalue weighted by Crippen LogP contribution is -2.59. The van der Waals surface area contributed by atoms with Crippen LogP contribution in [0.15, 0.2) is 30.3 Å². The van der Waals surface area contributed by atoms with E-state index >= 15 is 0 Å². The van der Waals surface area contributed by atoms with Gasteiger partial charge in [-0.3, -0.25) is 4.79 Å². The Labute approximate surface area is 183 Å². The van der Waals surface area contributed by atoms with Crippen LogP contribution in [-0.2, 0) is 30.5 Å². The van der Waals surface area contributed by atoms with Crippen molar-refractivity contribution in [1.29, 1.82) is 0 Å². The fraction of sp³-hybridized carbons (Fsp3) is 0.652. The van der Waals surface area contributed by atoms with Gasteiger partial charge in [-0.15, -0.1) is 5.48 Å². The Kier molecular flexibility index (Phi) is 7.01. The van der Waals surface area contributed by atoms with Crippen molar-refractivity contribution in [2.75, 3.05) is 12.4 Å². The number of carbonyl (C=O) groups is 2. The van der Waals surface area contributed by atoms with Crippen LogP contribution in [-0.4, -0.2) is 35.9 Å². The highest BCUT2D eigenvalue weighted by Crippen LogP contribution is 2.55. The van der Waals surface area contributed by atoms with E-state index in [9.17, 15) is 9.59 Å². The highest BCUT2D eigenvalue weighted by Gasteiger charge is 2.51. The molecule has 0 saturated heterocycles. The van der Waals surface area contributed by atoms with E-state index in [1.54, 1.807) is 0 Å². The Balaban J connectivity index is 1.32. The van der Waals surface area contributed by atoms with Crippen LogP contribution in [0.4, 0.5) is 0 Å². The van der Waals surface area contributed by atoms with Gasteiger partial charge in [-0.25, -0.2) is 4.79 Å². The molecule has 0 aliphatic heterocycles. The van der Waals surface area contributed by atoms with Crippen LogP contribution in [0.25, 0.3) is 0 Å². The van der Waals surface area contributed by atoms with E-state index in [0.29, 0.717) is 12.4 Å². The number of nitrogens with one attached hydrogen (secondary N) is 1. The Morgan fingerprint density at radius 3 is 2.30 bits per heavy atom. The van der Waals surface area contributed by atoms with Crippen molar-refractivity contribution in [1.82, 2.24) is 5.48 Å². The predicted molar refractivity (Wildman–Crippen MR) is 115 cm³/mol. The molecular formula is C23H31NO5S. The van der Waals surface area contributed by atoms with Gasteiger partial charge in [-0.1, -0.05) is 30.3 Å². The van der Waals surface area contributed by atoms with Crippen LogP contribution in [0.1, 0.15) is 50.5 Å². The SMILES string of the molecule is O=C(CCS)O[C@@H](COCc1ccccc1)C(=O)ONC12CC3CC(CC(C3)C1)C2. The van der Waals surface area contributed by atoms with Gasteiger partial charge in [0.25, 0.3) is 0 Å². The zero-order chi connectivity index (χ0) is 21.0. The number of benzene rings is 1. The Bertz CT molecular complexity index is 705. The maximum absolute atomic E-state index is 12.8. The third-order valence-electron chi connectivity index (χ3n) is 6.64. The molecular weight excluding hydrogens is 402 g/mol. The number of esters is 1. The van der Waals surface area contributed by atoms with Gasteiger partial charge in [0.15, 0.2) is 0 Å². The Hall–Kier alpha value is -1.57. The molecule has 0 heterocycles. The van der Waals surface area contributed by atoms with E-state index in [4.69, 9.17) is 14.3 Å². The fourth-order valence-electron chi connectivity index (χ4n) is 5.78. The quantitative estimate of drug-likeness (QED) is 0.335. The monoisotopic (exact) mass is 433 g/mol. The van der Waals surface area contributed by atoms with Crippen LogP contribution < -0.4 is 5.48 Å². The number of hydrogen-bond acceptors (Lipinski definition) is 7. The molecule has 5 rings (SSSR count). The van der Waals surface area contributed by atoms with Crippen molar-refractivity contribution in [2.45, 2.75) is 63.2 Å². The average Bonchev–Trinajstić information content (AvgIpc) is 2.71. The summed E-state index contributed by atoms with van der Waals surface area (Å²) in [4.78, 5) is 30.2. The topological polar surface area (TPSA) is 73.9 Å². The van der Waals surface area contributed by atoms with Crippen LogP contribution in [0, 0.1) is 17.8 Å². The van der Waals surface area contributed by atoms with Gasteiger partial charge in [-0.2, -0.15) is 12.6 Å². The molecule has 164 valence electrons. The summed E-state index contributed by atoms with van der Waals surface area (Å²) >= 11 is 4.05. The standard InChI is InChI=1S/C23H31NO5S/c25-21(6-7-30)28-20(15-27-14-16-4-2-1-3-5-16)22(26)29-24-23-11-17-8-18(12-23)10-19(9-17)13-23/h1-5,17-20,24,30H,6-15H2/t17?,18?,19?,20-,23?/m0/s1. The van der Waals surface area contributed by atoms with Crippen molar-refractivity contribution < 1.29 is 23.9 Å². The minimum atomic E-state index is -1.09. The van der Waals surface area contributed by atoms with Gasteiger partial charge in [0.05, 0.1) is 25.2 Å². The summed E-state index contributed by atoms with van der Waals surface area (Å²) < 4.78 is 11.0. The molecule has 0 unspecified atom stereocenters. The molecule has 4 saturated carbocycles. The molecule has 7 heteroatoms. The van der Waals surface area contributed by atoms with Crippen LogP contribution in [0.2, 0.25) is 0 Å². The maximum atomic E-state index is 12.8. The third-order valence-corrected chi connectivity index (χ3v) is 6.86. The predicted octanol–water partition coefficient (Wildman–Crippen LogP) is 3.45. The first kappa shape index (κ1) is 21.7. The molecule has 1 aromatic rings. The zero-order valence-corrected chi connectivity index (χ0v) is 18.2. The third kappa shape index (κ3) is 5.37. The van der Waals surface area contributed by atoms with Crippen LogP contribution in [0.3, 0.4) is 0 Å². The van der Waals surface area contributed by atoms with Crippen molar-refractivity contribution in [3.63, 3.8) is 0 Å². The zero-order valence-electron chi connectivity index (χ0n) is 17.3. The van der Waals surface area contributed by atoms with E-state index in [0.717, 1.165) is 42.6 Å². The highest BCUT2D eigenvalue weighted by atomic mass is 32.1. The number of hydrogen-bond donors (Lipinski definition) is 2. The van der Waals surface area contributed by atoms with Crippen molar-refractivity contribution in [3.05, 3.63) is 35.9 Å². The largest absolute Gasteiger partial charge is 0.448 e. The van der Waals surface area contributed by atoms with Crippen molar-refractivity contribution in [2.24, 2.45) is 17.8 Å². The summed E-state index contributed by atoms with van der Waals surface area (Å²) in [6.07, 6.45) is 6.14. The fourth-order valence-corrected chi connectivity index (χ4v) is 5.96. The second-order valence-electron chi connectivity index (χ2n) is 9.17. The summed E-state index contributed by atoms with van der Waals surface area (Å²) in [5.41, 5.74) is 3.98. The number of thiol groups is 1. The molecule has 1 N–H and O–H groups in total. The van der Waals surface area contributed by atoms with Gasteiger partial charge in [0.2, 0.25) is 6.10 Å².